The minimum Gasteiger partial charge on any atom is -0.320 e. The van der Waals surface area contributed by atoms with Crippen LogP contribution in [0.3, 0.4) is 0 Å². The lowest BCUT2D eigenvalue weighted by atomic mass is 10.3. The third-order valence-corrected chi connectivity index (χ3v) is 1.18. The quantitative estimate of drug-likeness (QED) is 0.569. The van der Waals surface area contributed by atoms with Gasteiger partial charge in [0.1, 0.15) is 5.56 Å². The molecule has 4 nitrogen and oxygen atoms in total. The molecule has 0 radical (unpaired) electrons. The lowest BCUT2D eigenvalue weighted by molar-refractivity contribution is -0.139. The molecule has 0 aliphatic carbocycles. The highest BCUT2D eigenvalue weighted by molar-refractivity contribution is 5.10. The Morgan fingerprint density at radius 3 is 2.50 bits per heavy atom. The molecule has 0 saturated heterocycles. The fourth-order valence-corrected chi connectivity index (χ4v) is 0.643. The van der Waals surface area contributed by atoms with Gasteiger partial charge in [-0.25, -0.2) is 0 Å². The van der Waals surface area contributed by atoms with Crippen molar-refractivity contribution < 1.29 is 13.2 Å². The van der Waals surface area contributed by atoms with E-state index in [-0.39, 0.29) is 4.79 Å². The Morgan fingerprint density at radius 2 is 2.08 bits per heavy atom. The van der Waals surface area contributed by atoms with E-state index in [0.717, 1.165) is 6.20 Å². The maximum Gasteiger partial charge on any atom is 0.421 e. The monoisotopic (exact) mass is 179 g/mol. The van der Waals surface area contributed by atoms with Crippen molar-refractivity contribution >= 4 is 0 Å². The lowest BCUT2D eigenvalue weighted by Crippen LogP contribution is -2.34. The minimum absolute atomic E-state index is 0.142. The van der Waals surface area contributed by atoms with Crippen molar-refractivity contribution in [3.05, 3.63) is 28.2 Å². The average Bonchev–Trinajstić information content (AvgIpc) is 1.92. The maximum absolute atomic E-state index is 11.9. The van der Waals surface area contributed by atoms with Crippen molar-refractivity contribution in [1.29, 1.82) is 0 Å². The van der Waals surface area contributed by atoms with Crippen molar-refractivity contribution in [2.75, 3.05) is 5.84 Å². The van der Waals surface area contributed by atoms with Crippen molar-refractivity contribution in [2.24, 2.45) is 0 Å². The van der Waals surface area contributed by atoms with E-state index in [1.54, 1.807) is 0 Å². The van der Waals surface area contributed by atoms with Crippen LogP contribution in [0.5, 0.6) is 0 Å². The topological polar surface area (TPSA) is 60.9 Å². The molecular weight excluding hydrogens is 175 g/mol. The molecule has 1 heterocycles. The van der Waals surface area contributed by atoms with Crippen molar-refractivity contribution in [2.45, 2.75) is 6.18 Å². The van der Waals surface area contributed by atoms with Crippen LogP contribution in [0.25, 0.3) is 0 Å². The molecule has 0 unspecified atom stereocenters. The molecular formula is C5H4F3N3O. The number of hydrogen-bond acceptors (Lipinski definition) is 3. The van der Waals surface area contributed by atoms with Gasteiger partial charge in [-0.3, -0.25) is 4.79 Å². The summed E-state index contributed by atoms with van der Waals surface area (Å²) >= 11 is 0. The van der Waals surface area contributed by atoms with E-state index in [0.29, 0.717) is 6.07 Å². The van der Waals surface area contributed by atoms with Gasteiger partial charge in [-0.15, -0.1) is 4.79 Å². The van der Waals surface area contributed by atoms with E-state index in [1.807, 2.05) is 0 Å². The molecule has 0 atom stereocenters. The number of nitrogens with two attached hydrogens (primary N) is 1. The van der Waals surface area contributed by atoms with Gasteiger partial charge in [-0.05, 0) is 6.07 Å². The second-order valence-electron chi connectivity index (χ2n) is 1.99. The van der Waals surface area contributed by atoms with Gasteiger partial charge in [-0.1, -0.05) is 0 Å². The average molecular weight is 179 g/mol. The van der Waals surface area contributed by atoms with Crippen molar-refractivity contribution in [1.82, 2.24) is 9.89 Å². The van der Waals surface area contributed by atoms with E-state index >= 15 is 0 Å². The minimum atomic E-state index is -4.68. The number of nitrogens with zero attached hydrogens (tertiary/aromatic N) is 2. The van der Waals surface area contributed by atoms with Gasteiger partial charge in [0.2, 0.25) is 0 Å². The molecule has 0 fully saturated rings. The summed E-state index contributed by atoms with van der Waals surface area (Å²) in [5.74, 6) is 4.81. The zero-order valence-corrected chi connectivity index (χ0v) is 5.67. The van der Waals surface area contributed by atoms with Crippen LogP contribution in [0, 0.1) is 0 Å². The Kier molecular flexibility index (Phi) is 1.79. The fourth-order valence-electron chi connectivity index (χ4n) is 0.643. The molecule has 0 aromatic carbocycles. The normalized spacial score (nSPS) is 11.6. The summed E-state index contributed by atoms with van der Waals surface area (Å²) in [5.41, 5.74) is -2.68. The third kappa shape index (κ3) is 1.39. The Labute approximate surface area is 64.4 Å². The zero-order valence-electron chi connectivity index (χ0n) is 5.67. The van der Waals surface area contributed by atoms with Gasteiger partial charge in [0, 0.05) is 0 Å². The third-order valence-electron chi connectivity index (χ3n) is 1.18. The SMILES string of the molecule is Nn1nccc(C(F)(F)F)c1=O. The zero-order chi connectivity index (χ0) is 9.35. The Hall–Kier alpha value is -1.53. The highest BCUT2D eigenvalue weighted by Crippen LogP contribution is 2.25. The number of halogens is 3. The smallest absolute Gasteiger partial charge is 0.320 e. The summed E-state index contributed by atoms with van der Waals surface area (Å²) in [6.07, 6.45) is -3.87. The predicted molar refractivity (Wildman–Crippen MR) is 33.6 cm³/mol. The summed E-state index contributed by atoms with van der Waals surface area (Å²) in [4.78, 5) is 10.8. The van der Waals surface area contributed by atoms with Gasteiger partial charge in [0.25, 0.3) is 5.56 Å². The number of hydrogen-bond donors (Lipinski definition) is 1. The Morgan fingerprint density at radius 1 is 1.50 bits per heavy atom. The molecule has 0 aliphatic rings. The van der Waals surface area contributed by atoms with Crippen LogP contribution in [0.2, 0.25) is 0 Å². The first-order valence-corrected chi connectivity index (χ1v) is 2.83. The summed E-state index contributed by atoms with van der Waals surface area (Å²) < 4.78 is 35.8. The maximum atomic E-state index is 11.9. The van der Waals surface area contributed by atoms with Crippen LogP contribution in [-0.4, -0.2) is 9.89 Å². The van der Waals surface area contributed by atoms with E-state index < -0.39 is 17.3 Å². The van der Waals surface area contributed by atoms with Crippen LogP contribution >= 0.6 is 0 Å². The number of aromatic nitrogens is 2. The van der Waals surface area contributed by atoms with Crippen LogP contribution in [0.4, 0.5) is 13.2 Å². The van der Waals surface area contributed by atoms with Gasteiger partial charge < -0.3 is 5.84 Å². The molecule has 0 spiro atoms. The van der Waals surface area contributed by atoms with Crippen LogP contribution in [-0.2, 0) is 6.18 Å². The molecule has 1 aromatic rings. The summed E-state index contributed by atoms with van der Waals surface area (Å²) in [6, 6.07) is 0.575. The van der Waals surface area contributed by atoms with Gasteiger partial charge in [0.15, 0.2) is 0 Å². The molecule has 12 heavy (non-hydrogen) atoms. The molecule has 2 N–H and O–H groups in total. The summed E-state index contributed by atoms with van der Waals surface area (Å²) in [7, 11) is 0. The van der Waals surface area contributed by atoms with Gasteiger partial charge in [-0.2, -0.15) is 18.3 Å². The highest BCUT2D eigenvalue weighted by atomic mass is 19.4. The first kappa shape index (κ1) is 8.57. The van der Waals surface area contributed by atoms with E-state index in [1.165, 1.54) is 0 Å². The number of alkyl halides is 3. The highest BCUT2D eigenvalue weighted by Gasteiger charge is 2.34. The first-order chi connectivity index (χ1) is 5.43. The van der Waals surface area contributed by atoms with E-state index in [2.05, 4.69) is 5.10 Å². The van der Waals surface area contributed by atoms with Gasteiger partial charge >= 0.3 is 6.18 Å². The molecule has 1 rings (SSSR count). The summed E-state index contributed by atoms with van der Waals surface area (Å²) in [5, 5.41) is 3.13. The molecule has 0 aliphatic heterocycles. The molecule has 66 valence electrons. The predicted octanol–water partition coefficient (Wildman–Crippen LogP) is -0.0241. The standard InChI is InChI=1S/C5H4F3N3O/c6-5(7,8)3-1-2-10-11(9)4(3)12/h1-2H,9H2. The second-order valence-corrected chi connectivity index (χ2v) is 1.99. The number of rotatable bonds is 0. The van der Waals surface area contributed by atoms with Crippen LogP contribution < -0.4 is 11.4 Å². The van der Waals surface area contributed by atoms with Crippen molar-refractivity contribution in [3.63, 3.8) is 0 Å². The molecule has 0 saturated carbocycles. The first-order valence-electron chi connectivity index (χ1n) is 2.83. The van der Waals surface area contributed by atoms with Crippen LogP contribution in [0.1, 0.15) is 5.56 Å². The molecule has 1 aromatic heterocycles. The Bertz CT molecular complexity index is 343. The molecule has 0 bridgehead atoms. The Balaban J connectivity index is 3.37. The molecule has 0 amide bonds. The fraction of sp³-hybridized carbons (Fsp3) is 0.200. The lowest BCUT2D eigenvalue weighted by Gasteiger charge is -2.04. The van der Waals surface area contributed by atoms with Gasteiger partial charge in [0.05, 0.1) is 6.20 Å². The summed E-state index contributed by atoms with van der Waals surface area (Å²) in [6.45, 7) is 0. The molecule has 7 heteroatoms. The largest absolute Gasteiger partial charge is 0.421 e. The van der Waals surface area contributed by atoms with E-state index in [4.69, 9.17) is 5.84 Å². The van der Waals surface area contributed by atoms with E-state index in [9.17, 15) is 18.0 Å². The van der Waals surface area contributed by atoms with Crippen molar-refractivity contribution in [3.8, 4) is 0 Å². The second kappa shape index (κ2) is 2.50. The number of nitrogen functional groups attached to an aromatic ring is 1. The van der Waals surface area contributed by atoms with Crippen LogP contribution in [0.15, 0.2) is 17.1 Å².